The number of amides is 3. The SMILES string of the molecule is O=C1CCC(N2Cc3c(CNCc4ccnc(N5CCNCC5)c4)cccc3C2=O)C(=O)N1. The number of imide groups is 1. The second-order valence-electron chi connectivity index (χ2n) is 8.71. The molecular weight excluding hydrogens is 420 g/mol. The zero-order valence-corrected chi connectivity index (χ0v) is 18.5. The van der Waals surface area contributed by atoms with Crippen LogP contribution in [0.3, 0.4) is 0 Å². The monoisotopic (exact) mass is 448 g/mol. The average Bonchev–Trinajstić information content (AvgIpc) is 3.17. The topological polar surface area (TPSA) is 107 Å². The van der Waals surface area contributed by atoms with Crippen LogP contribution in [0, 0.1) is 0 Å². The third-order valence-corrected chi connectivity index (χ3v) is 6.57. The summed E-state index contributed by atoms with van der Waals surface area (Å²) in [5.74, 6) is 0.199. The molecule has 3 amide bonds. The van der Waals surface area contributed by atoms with Crippen LogP contribution in [0.1, 0.15) is 39.9 Å². The third-order valence-electron chi connectivity index (χ3n) is 6.57. The Balaban J connectivity index is 1.24. The predicted octanol–water partition coefficient (Wildman–Crippen LogP) is 0.542. The summed E-state index contributed by atoms with van der Waals surface area (Å²) in [5, 5.41) is 9.20. The number of piperazine rings is 1. The molecule has 1 unspecified atom stereocenters. The van der Waals surface area contributed by atoms with E-state index in [9.17, 15) is 14.4 Å². The number of hydrogen-bond acceptors (Lipinski definition) is 7. The number of aromatic nitrogens is 1. The largest absolute Gasteiger partial charge is 0.354 e. The lowest BCUT2D eigenvalue weighted by molar-refractivity contribution is -0.136. The molecule has 2 aromatic rings. The van der Waals surface area contributed by atoms with E-state index in [-0.39, 0.29) is 24.1 Å². The van der Waals surface area contributed by atoms with Crippen LogP contribution in [-0.4, -0.2) is 59.8 Å². The molecule has 9 heteroatoms. The molecule has 1 atom stereocenters. The van der Waals surface area contributed by atoms with E-state index in [1.165, 1.54) is 0 Å². The number of carbonyl (C=O) groups is 3. The van der Waals surface area contributed by atoms with Gasteiger partial charge in [-0.3, -0.25) is 19.7 Å². The van der Waals surface area contributed by atoms with E-state index < -0.39 is 6.04 Å². The number of pyridine rings is 1. The third kappa shape index (κ3) is 4.46. The molecule has 0 radical (unpaired) electrons. The molecule has 2 saturated heterocycles. The highest BCUT2D eigenvalue weighted by Crippen LogP contribution is 2.29. The first-order chi connectivity index (χ1) is 16.1. The normalized spacial score (nSPS) is 20.7. The quantitative estimate of drug-likeness (QED) is 0.554. The molecule has 0 spiro atoms. The molecule has 9 nitrogen and oxygen atoms in total. The van der Waals surface area contributed by atoms with Crippen LogP contribution in [0.15, 0.2) is 36.5 Å². The van der Waals surface area contributed by atoms with Gasteiger partial charge in [-0.25, -0.2) is 4.98 Å². The highest BCUT2D eigenvalue weighted by Gasteiger charge is 2.39. The van der Waals surface area contributed by atoms with Gasteiger partial charge in [-0.05, 0) is 41.3 Å². The van der Waals surface area contributed by atoms with Crippen LogP contribution in [0.5, 0.6) is 0 Å². The summed E-state index contributed by atoms with van der Waals surface area (Å²) >= 11 is 0. The lowest BCUT2D eigenvalue weighted by Crippen LogP contribution is -2.52. The van der Waals surface area contributed by atoms with Crippen molar-refractivity contribution in [2.75, 3.05) is 31.1 Å². The van der Waals surface area contributed by atoms with Crippen molar-refractivity contribution < 1.29 is 14.4 Å². The first kappa shape index (κ1) is 21.5. The molecule has 3 N–H and O–H groups in total. The lowest BCUT2D eigenvalue weighted by atomic mass is 10.0. The van der Waals surface area contributed by atoms with E-state index in [1.807, 2.05) is 30.5 Å². The summed E-state index contributed by atoms with van der Waals surface area (Å²) < 4.78 is 0. The molecule has 33 heavy (non-hydrogen) atoms. The minimum absolute atomic E-state index is 0.142. The van der Waals surface area contributed by atoms with E-state index in [0.29, 0.717) is 31.6 Å². The number of hydrogen-bond donors (Lipinski definition) is 3. The van der Waals surface area contributed by atoms with Crippen LogP contribution in [0.25, 0.3) is 0 Å². The molecular formula is C24H28N6O3. The molecule has 3 aliphatic rings. The first-order valence-electron chi connectivity index (χ1n) is 11.5. The van der Waals surface area contributed by atoms with Crippen molar-refractivity contribution in [3.63, 3.8) is 0 Å². The Morgan fingerprint density at radius 1 is 1.09 bits per heavy atom. The maximum Gasteiger partial charge on any atom is 0.255 e. The first-order valence-corrected chi connectivity index (χ1v) is 11.5. The Morgan fingerprint density at radius 2 is 1.94 bits per heavy atom. The lowest BCUT2D eigenvalue weighted by Gasteiger charge is -2.29. The fourth-order valence-electron chi connectivity index (χ4n) is 4.79. The number of nitrogens with zero attached hydrogens (tertiary/aromatic N) is 3. The standard InChI is InChI=1S/C24H28N6O3/c31-22-5-4-20(23(32)28-22)30-15-19-17(2-1-3-18(19)24(30)33)14-26-13-16-6-7-27-21(12-16)29-10-8-25-9-11-29/h1-3,6-7,12,20,25-26H,4-5,8-11,13-15H2,(H,28,31,32). The number of benzene rings is 1. The van der Waals surface area contributed by atoms with E-state index in [1.54, 1.807) is 4.90 Å². The molecule has 172 valence electrons. The van der Waals surface area contributed by atoms with E-state index in [0.717, 1.165) is 48.7 Å². The van der Waals surface area contributed by atoms with Crippen molar-refractivity contribution in [3.05, 3.63) is 58.8 Å². The number of piperidine rings is 1. The highest BCUT2D eigenvalue weighted by molar-refractivity contribution is 6.05. The van der Waals surface area contributed by atoms with Crippen molar-refractivity contribution in [2.45, 2.75) is 38.5 Å². The van der Waals surface area contributed by atoms with Gasteiger partial charge in [0, 0.05) is 64.0 Å². The van der Waals surface area contributed by atoms with Crippen molar-refractivity contribution >= 4 is 23.5 Å². The van der Waals surface area contributed by atoms with Crippen LogP contribution in [0.2, 0.25) is 0 Å². The van der Waals surface area contributed by atoms with E-state index >= 15 is 0 Å². The van der Waals surface area contributed by atoms with Gasteiger partial charge in [-0.1, -0.05) is 12.1 Å². The van der Waals surface area contributed by atoms with Crippen LogP contribution >= 0.6 is 0 Å². The van der Waals surface area contributed by atoms with Gasteiger partial charge >= 0.3 is 0 Å². The Kier molecular flexibility index (Phi) is 6.06. The summed E-state index contributed by atoms with van der Waals surface area (Å²) in [6.45, 7) is 5.55. The maximum atomic E-state index is 13.0. The van der Waals surface area contributed by atoms with Crippen molar-refractivity contribution in [1.82, 2.24) is 25.8 Å². The summed E-state index contributed by atoms with van der Waals surface area (Å²) in [5.41, 5.74) is 3.80. The summed E-state index contributed by atoms with van der Waals surface area (Å²) in [7, 11) is 0. The second kappa shape index (κ2) is 9.29. The minimum atomic E-state index is -0.594. The molecule has 3 aliphatic heterocycles. The molecule has 1 aromatic heterocycles. The molecule has 5 rings (SSSR count). The van der Waals surface area contributed by atoms with E-state index in [2.05, 4.69) is 31.9 Å². The summed E-state index contributed by atoms with van der Waals surface area (Å²) in [4.78, 5) is 45.2. The molecule has 4 heterocycles. The molecule has 2 fully saturated rings. The van der Waals surface area contributed by atoms with Crippen LogP contribution < -0.4 is 20.9 Å². The second-order valence-corrected chi connectivity index (χ2v) is 8.71. The highest BCUT2D eigenvalue weighted by atomic mass is 16.2. The number of rotatable bonds is 6. The van der Waals surface area contributed by atoms with Gasteiger partial charge in [-0.15, -0.1) is 0 Å². The Morgan fingerprint density at radius 3 is 2.76 bits per heavy atom. The van der Waals surface area contributed by atoms with Gasteiger partial charge in [0.25, 0.3) is 5.91 Å². The number of nitrogens with one attached hydrogen (secondary N) is 3. The van der Waals surface area contributed by atoms with Gasteiger partial charge in [0.2, 0.25) is 11.8 Å². The molecule has 0 aliphatic carbocycles. The molecule has 0 bridgehead atoms. The number of fused-ring (bicyclic) bond motifs is 1. The van der Waals surface area contributed by atoms with Crippen LogP contribution in [-0.2, 0) is 29.2 Å². The minimum Gasteiger partial charge on any atom is -0.354 e. The summed E-state index contributed by atoms with van der Waals surface area (Å²) in [6.07, 6.45) is 2.48. The summed E-state index contributed by atoms with van der Waals surface area (Å²) in [6, 6.07) is 9.27. The van der Waals surface area contributed by atoms with E-state index in [4.69, 9.17) is 0 Å². The number of anilines is 1. The van der Waals surface area contributed by atoms with Gasteiger partial charge in [0.1, 0.15) is 11.9 Å². The van der Waals surface area contributed by atoms with Gasteiger partial charge in [0.05, 0.1) is 0 Å². The smallest absolute Gasteiger partial charge is 0.255 e. The maximum absolute atomic E-state index is 13.0. The van der Waals surface area contributed by atoms with Crippen molar-refractivity contribution in [2.24, 2.45) is 0 Å². The fraction of sp³-hybridized carbons (Fsp3) is 0.417. The van der Waals surface area contributed by atoms with Crippen LogP contribution in [0.4, 0.5) is 5.82 Å². The Bertz CT molecular complexity index is 1080. The molecule has 1 aromatic carbocycles. The fourth-order valence-corrected chi connectivity index (χ4v) is 4.79. The average molecular weight is 449 g/mol. The zero-order valence-electron chi connectivity index (χ0n) is 18.5. The van der Waals surface area contributed by atoms with Crippen molar-refractivity contribution in [1.29, 1.82) is 0 Å². The predicted molar refractivity (Wildman–Crippen MR) is 122 cm³/mol. The zero-order chi connectivity index (χ0) is 22.8. The molecule has 0 saturated carbocycles. The van der Waals surface area contributed by atoms with Gasteiger partial charge < -0.3 is 20.4 Å². The Hall–Kier alpha value is -3.30. The van der Waals surface area contributed by atoms with Crippen molar-refractivity contribution in [3.8, 4) is 0 Å². The van der Waals surface area contributed by atoms with Gasteiger partial charge in [0.15, 0.2) is 0 Å². The number of carbonyl (C=O) groups excluding carboxylic acids is 3. The van der Waals surface area contributed by atoms with Gasteiger partial charge in [-0.2, -0.15) is 0 Å². The Labute approximate surface area is 192 Å².